The van der Waals surface area contributed by atoms with Crippen LogP contribution >= 0.6 is 47.8 Å². The fraction of sp³-hybridized carbons (Fsp3) is 0.160. The molecular formula is C94H90BBr3NaO13. The predicted octanol–water partition coefficient (Wildman–Crippen LogP) is 17.3. The van der Waals surface area contributed by atoms with E-state index in [-0.39, 0.29) is 72.1 Å². The van der Waals surface area contributed by atoms with Gasteiger partial charge in [-0.05, 0) is 183 Å². The largest absolute Gasteiger partial charge is 1.00 e. The van der Waals surface area contributed by atoms with Crippen LogP contribution in [0.25, 0.3) is 0 Å². The fourth-order valence-corrected chi connectivity index (χ4v) is 12.4. The van der Waals surface area contributed by atoms with Crippen molar-refractivity contribution in [3.05, 3.63) is 400 Å². The van der Waals surface area contributed by atoms with Gasteiger partial charge >= 0.3 is 41.5 Å². The molecule has 0 amide bonds. The van der Waals surface area contributed by atoms with Crippen LogP contribution < -0.4 is 48.5 Å². The molecule has 0 aliphatic carbocycles. The number of halogens is 3. The summed E-state index contributed by atoms with van der Waals surface area (Å²) in [5.41, 5.74) is 12.5. The van der Waals surface area contributed by atoms with Gasteiger partial charge in [0.05, 0.1) is 74.3 Å². The maximum Gasteiger partial charge on any atom is 1.00 e. The summed E-state index contributed by atoms with van der Waals surface area (Å²) in [4.78, 5) is 30.2. The molecule has 0 saturated carbocycles. The second kappa shape index (κ2) is 50.1. The molecule has 1 fully saturated rings. The van der Waals surface area contributed by atoms with Crippen molar-refractivity contribution < 1.29 is 96.6 Å². The Labute approximate surface area is 712 Å². The van der Waals surface area contributed by atoms with Crippen LogP contribution in [-0.2, 0) is 68.0 Å². The zero-order valence-electron chi connectivity index (χ0n) is 66.6. The first-order chi connectivity index (χ1) is 54.6. The van der Waals surface area contributed by atoms with Gasteiger partial charge in [-0.1, -0.05) is 262 Å². The Bertz CT molecular complexity index is 4800. The summed E-state index contributed by atoms with van der Waals surface area (Å²) in [6.45, 7) is 0.998. The van der Waals surface area contributed by atoms with Crippen molar-refractivity contribution in [3.8, 4) is 47.2 Å². The van der Waals surface area contributed by atoms with Crippen molar-refractivity contribution in [2.75, 3.05) is 28.4 Å². The minimum atomic E-state index is -0.893. The van der Waals surface area contributed by atoms with Gasteiger partial charge in [-0.15, -0.1) is 6.42 Å². The standard InChI is InChI=1S/C37H32O4.C28H25BrO3.C9H8O.C7H7BrO.C7H5BrO.C4H4O3.2CH4.B.Na.H/c1-39-35-21-17-33(18-22-35)37(32-9-4-3-5-10-32,34-19-23-36(40-2)24-20-34)41-27-31-8-6-7-29(25-31)14-11-28-12-15-30(26-38)16-13-28;1-30-26-15-11-23(12-16-26)28(22-8-4-3-5-9-22,24-13-17-27(31-2)18-14-24)32-20-21-7-6-10-25(29)19-21;1-2-8-3-5-9(7-10)6-4-8;2*8-7-3-1-2-6(4-7)5-9;5-3-1-2-4(6)7-3;;;;;/h3-10,12-13,15-25,38H,26-27H2,1-2H3;3-19H,20H2,1-2H3;1,3-6,10H,7H2;1-4,9H,5H2;1-5H;1-2H2;2*1H4;;;/q;;;;;;;;;+1;-1/i;;;;;;1T;1D;;;. The molecule has 18 heteroatoms. The number of aliphatic hydroxyl groups excluding tert-OH is 3. The summed E-state index contributed by atoms with van der Waals surface area (Å²) >= 11 is 10.1. The average Bonchev–Trinajstić information content (AvgIpc) is 0.819. The Morgan fingerprint density at radius 3 is 1.06 bits per heavy atom. The maximum absolute atomic E-state index is 10.1. The van der Waals surface area contributed by atoms with Gasteiger partial charge in [-0.2, -0.15) is 0 Å². The molecule has 0 atom stereocenters. The fourth-order valence-electron chi connectivity index (χ4n) is 11.1. The molecule has 3 N–H and O–H groups in total. The quantitative estimate of drug-likeness (QED) is 0.0164. The van der Waals surface area contributed by atoms with Gasteiger partial charge in [0.1, 0.15) is 40.5 Å². The molecule has 13 rings (SSSR count). The molecule has 12 aromatic carbocycles. The number of cyclic esters (lactones) is 2. The number of carbonyl (C=O) groups excluding carboxylic acids is 3. The third-order valence-electron chi connectivity index (χ3n) is 16.7. The Morgan fingerprint density at radius 2 is 0.750 bits per heavy atom. The van der Waals surface area contributed by atoms with Crippen molar-refractivity contribution in [3.63, 3.8) is 0 Å². The van der Waals surface area contributed by atoms with Gasteiger partial charge in [0, 0.05) is 46.8 Å². The summed E-state index contributed by atoms with van der Waals surface area (Å²) < 4.78 is 54.1. The van der Waals surface area contributed by atoms with E-state index in [1.54, 1.807) is 40.6 Å². The summed E-state index contributed by atoms with van der Waals surface area (Å²) in [5, 5.41) is 26.6. The molecule has 1 saturated heterocycles. The van der Waals surface area contributed by atoms with E-state index in [1.807, 2.05) is 194 Å². The van der Waals surface area contributed by atoms with Crippen molar-refractivity contribution in [2.45, 2.75) is 71.9 Å². The van der Waals surface area contributed by atoms with Crippen molar-refractivity contribution in [1.82, 2.24) is 0 Å². The smallest absolute Gasteiger partial charge is 1.00 e. The first-order valence-corrected chi connectivity index (χ1v) is 36.5. The topological polar surface area (TPSA) is 177 Å². The molecule has 1 aliphatic rings. The van der Waals surface area contributed by atoms with E-state index in [9.17, 15) is 19.5 Å². The van der Waals surface area contributed by atoms with E-state index in [2.05, 4.69) is 167 Å². The monoisotopic (exact) mass is 1700 g/mol. The number of hydrogen-bond donors (Lipinski definition) is 3. The minimum Gasteiger partial charge on any atom is -1.00 e. The number of aldehydes is 1. The number of methoxy groups -OCH3 is 4. The van der Waals surface area contributed by atoms with E-state index in [0.29, 0.717) is 18.8 Å². The van der Waals surface area contributed by atoms with Gasteiger partial charge in [-0.25, -0.2) is 0 Å². The number of terminal acetylenes is 1. The van der Waals surface area contributed by atoms with E-state index in [1.165, 1.54) is 14.8 Å². The molecule has 1 aliphatic heterocycles. The number of carbonyl (C=O) groups is 3. The summed E-state index contributed by atoms with van der Waals surface area (Å²) in [6, 6.07) is 98.8. The van der Waals surface area contributed by atoms with Gasteiger partial charge in [0.15, 0.2) is 0 Å². The maximum atomic E-state index is 10.1. The van der Waals surface area contributed by atoms with Gasteiger partial charge in [0.2, 0.25) is 0 Å². The van der Waals surface area contributed by atoms with Gasteiger partial charge in [0.25, 0.3) is 0 Å². The Balaban J connectivity index is 0.000000403. The first kappa shape index (κ1) is 91.0. The second-order valence-electron chi connectivity index (χ2n) is 23.8. The number of ether oxygens (including phenoxy) is 7. The van der Waals surface area contributed by atoms with E-state index >= 15 is 0 Å². The molecule has 1 heterocycles. The van der Waals surface area contributed by atoms with Crippen LogP contribution in [-0.4, -0.2) is 70.4 Å². The van der Waals surface area contributed by atoms with Crippen LogP contribution in [0.15, 0.2) is 317 Å². The predicted molar refractivity (Wildman–Crippen MR) is 454 cm³/mol. The summed E-state index contributed by atoms with van der Waals surface area (Å²) in [5.74, 6) is 11.3. The van der Waals surface area contributed by atoms with Crippen LogP contribution in [0.4, 0.5) is 0 Å². The van der Waals surface area contributed by atoms with Gasteiger partial charge < -0.3 is 49.9 Å². The number of hydrogen-bond acceptors (Lipinski definition) is 13. The molecule has 3 radical (unpaired) electrons. The first-order valence-electron chi connectivity index (χ1n) is 36.1. The Hall–Kier alpha value is -9.93. The second-order valence-corrected chi connectivity index (χ2v) is 26.6. The van der Waals surface area contributed by atoms with Crippen molar-refractivity contribution >= 4 is 74.4 Å². The third-order valence-corrected chi connectivity index (χ3v) is 18.2. The van der Waals surface area contributed by atoms with Crippen LogP contribution in [0.3, 0.4) is 0 Å². The Kier molecular flexibility index (Phi) is 40.7. The molecule has 569 valence electrons. The van der Waals surface area contributed by atoms with E-state index in [4.69, 9.17) is 47.8 Å². The van der Waals surface area contributed by atoms with Crippen LogP contribution in [0.1, 0.15) is 120 Å². The SMILES string of the molecule is C#Cc1ccc(CO)cc1.COc1ccc(C(OCc2cccc(Br)c2)(c2ccccc2)c2ccc(OC)cc2)cc1.COc1ccc(C(OCc2cccc(C#Cc3ccc(CO)cc3)c2)(c2ccccc2)c2ccc(OC)cc2)cc1.O=C1CCC(=O)O1.O=Cc1cccc(Br)c1.OCc1cccc(Br)c1.[2H]C.[3H]C.[B].[H-].[Na+]. The molecule has 13 nitrogen and oxygen atoms in total. The molecule has 0 spiro atoms. The molecular weight excluding hydrogens is 1610 g/mol. The zero-order chi connectivity index (χ0) is 80.9. The number of esters is 2. The van der Waals surface area contributed by atoms with Crippen LogP contribution in [0, 0.1) is 24.2 Å². The normalized spacial score (nSPS) is 10.8. The molecule has 0 aromatic heterocycles. The molecule has 112 heavy (non-hydrogen) atoms. The van der Waals surface area contributed by atoms with Gasteiger partial charge in [-0.3, -0.25) is 14.4 Å². The van der Waals surface area contributed by atoms with Crippen molar-refractivity contribution in [2.24, 2.45) is 0 Å². The average molecular weight is 1700 g/mol. The third kappa shape index (κ3) is 28.4. The van der Waals surface area contributed by atoms with E-state index < -0.39 is 23.1 Å². The number of aliphatic hydroxyl groups is 3. The molecule has 12 aromatic rings. The Morgan fingerprint density at radius 1 is 0.429 bits per heavy atom. The molecule has 0 bridgehead atoms. The molecule has 0 unspecified atom stereocenters. The van der Waals surface area contributed by atoms with Crippen molar-refractivity contribution in [1.29, 1.82) is 0 Å². The van der Waals surface area contributed by atoms with Crippen LogP contribution in [0.5, 0.6) is 23.0 Å². The summed E-state index contributed by atoms with van der Waals surface area (Å²) in [6.07, 6.45) is 6.48. The zero-order valence-corrected chi connectivity index (χ0v) is 70.4. The summed E-state index contributed by atoms with van der Waals surface area (Å²) in [7, 11) is 9.18. The number of benzene rings is 12. The van der Waals surface area contributed by atoms with Crippen LogP contribution in [0.2, 0.25) is 0 Å². The minimum absolute atomic E-state index is 0. The number of rotatable bonds is 20. The van der Waals surface area contributed by atoms with E-state index in [0.717, 1.165) is 121 Å².